The Hall–Kier alpha value is -0.350. The highest BCUT2D eigenvalue weighted by molar-refractivity contribution is 7.85. The molecule has 0 aromatic heterocycles. The summed E-state index contributed by atoms with van der Waals surface area (Å²) in [5.74, 6) is 0. The molecule has 0 bridgehead atoms. The Bertz CT molecular complexity index is 209. The molecule has 0 amide bonds. The normalized spacial score (nSPS) is 11.1. The second kappa shape index (κ2) is 3.73. The van der Waals surface area contributed by atoms with Crippen LogP contribution in [0, 0.1) is 0 Å². The highest BCUT2D eigenvalue weighted by Gasteiger charge is 1.97. The SMILES string of the molecule is CC(C)=CCOS(C)(=O)=O. The van der Waals surface area contributed by atoms with E-state index < -0.39 is 10.1 Å². The lowest BCUT2D eigenvalue weighted by Crippen LogP contribution is -2.02. The molecule has 4 heteroatoms. The minimum atomic E-state index is -3.26. The van der Waals surface area contributed by atoms with Crippen LogP contribution in [0.4, 0.5) is 0 Å². The van der Waals surface area contributed by atoms with Crippen molar-refractivity contribution in [2.45, 2.75) is 13.8 Å². The second-order valence-electron chi connectivity index (χ2n) is 2.27. The molecule has 0 aliphatic heterocycles. The van der Waals surface area contributed by atoms with E-state index in [1.807, 2.05) is 13.8 Å². The summed E-state index contributed by atoms with van der Waals surface area (Å²) in [5.41, 5.74) is 1.05. The first kappa shape index (κ1) is 9.65. The first-order valence-electron chi connectivity index (χ1n) is 2.89. The lowest BCUT2D eigenvalue weighted by Gasteiger charge is -1.94. The lowest BCUT2D eigenvalue weighted by molar-refractivity contribution is 0.361. The van der Waals surface area contributed by atoms with Gasteiger partial charge in [0, 0.05) is 0 Å². The van der Waals surface area contributed by atoms with E-state index in [9.17, 15) is 8.42 Å². The van der Waals surface area contributed by atoms with E-state index in [2.05, 4.69) is 4.18 Å². The van der Waals surface area contributed by atoms with Crippen LogP contribution in [0.2, 0.25) is 0 Å². The van der Waals surface area contributed by atoms with Gasteiger partial charge in [0.05, 0.1) is 12.9 Å². The predicted octanol–water partition coefficient (Wildman–Crippen LogP) is 0.929. The van der Waals surface area contributed by atoms with Crippen LogP contribution >= 0.6 is 0 Å². The maximum Gasteiger partial charge on any atom is 0.264 e. The van der Waals surface area contributed by atoms with Gasteiger partial charge in [-0.3, -0.25) is 4.18 Å². The Kier molecular flexibility index (Phi) is 3.60. The summed E-state index contributed by atoms with van der Waals surface area (Å²) >= 11 is 0. The molecule has 10 heavy (non-hydrogen) atoms. The van der Waals surface area contributed by atoms with Gasteiger partial charge in [-0.1, -0.05) is 11.6 Å². The summed E-state index contributed by atoms with van der Waals surface area (Å²) < 4.78 is 25.2. The van der Waals surface area contributed by atoms with Crippen molar-refractivity contribution in [3.8, 4) is 0 Å². The summed E-state index contributed by atoms with van der Waals surface area (Å²) in [6.45, 7) is 3.90. The first-order valence-corrected chi connectivity index (χ1v) is 4.71. The Balaban J connectivity index is 3.69. The summed E-state index contributed by atoms with van der Waals surface area (Å²) in [6.07, 6.45) is 2.74. The van der Waals surface area contributed by atoms with Crippen molar-refractivity contribution in [3.05, 3.63) is 11.6 Å². The van der Waals surface area contributed by atoms with Gasteiger partial charge in [0.25, 0.3) is 10.1 Å². The van der Waals surface area contributed by atoms with Gasteiger partial charge < -0.3 is 0 Å². The lowest BCUT2D eigenvalue weighted by atomic mass is 10.3. The zero-order valence-electron chi connectivity index (χ0n) is 6.42. The third kappa shape index (κ3) is 7.65. The van der Waals surface area contributed by atoms with Gasteiger partial charge in [-0.05, 0) is 13.8 Å². The summed E-state index contributed by atoms with van der Waals surface area (Å²) in [5, 5.41) is 0. The van der Waals surface area contributed by atoms with E-state index in [4.69, 9.17) is 0 Å². The third-order valence-electron chi connectivity index (χ3n) is 0.774. The van der Waals surface area contributed by atoms with E-state index in [0.717, 1.165) is 11.8 Å². The van der Waals surface area contributed by atoms with Crippen molar-refractivity contribution in [3.63, 3.8) is 0 Å². The highest BCUT2D eigenvalue weighted by Crippen LogP contribution is 1.91. The zero-order valence-corrected chi connectivity index (χ0v) is 7.23. The number of rotatable bonds is 3. The average Bonchev–Trinajstić information content (AvgIpc) is 1.59. The fourth-order valence-electron chi connectivity index (χ4n) is 0.324. The van der Waals surface area contributed by atoms with Crippen LogP contribution in [0.25, 0.3) is 0 Å². The average molecular weight is 164 g/mol. The topological polar surface area (TPSA) is 43.4 Å². The Morgan fingerprint density at radius 1 is 1.50 bits per heavy atom. The molecule has 0 saturated heterocycles. The van der Waals surface area contributed by atoms with E-state index >= 15 is 0 Å². The fraction of sp³-hybridized carbons (Fsp3) is 0.667. The standard InChI is InChI=1S/C6H12O3S/c1-6(2)4-5-9-10(3,7)8/h4H,5H2,1-3H3. The van der Waals surface area contributed by atoms with Gasteiger partial charge in [0.2, 0.25) is 0 Å². The minimum Gasteiger partial charge on any atom is -0.266 e. The van der Waals surface area contributed by atoms with Crippen molar-refractivity contribution in [2.75, 3.05) is 12.9 Å². The molecule has 0 aromatic rings. The molecular formula is C6H12O3S. The van der Waals surface area contributed by atoms with Crippen LogP contribution < -0.4 is 0 Å². The molecule has 0 spiro atoms. The molecule has 0 saturated carbocycles. The molecule has 0 atom stereocenters. The Morgan fingerprint density at radius 2 is 2.00 bits per heavy atom. The minimum absolute atomic E-state index is 0.140. The van der Waals surface area contributed by atoms with Gasteiger partial charge >= 0.3 is 0 Å². The molecule has 0 radical (unpaired) electrons. The van der Waals surface area contributed by atoms with E-state index in [1.54, 1.807) is 6.08 Å². The maximum absolute atomic E-state index is 10.4. The van der Waals surface area contributed by atoms with Crippen LogP contribution in [0.15, 0.2) is 11.6 Å². The molecule has 0 rings (SSSR count). The molecule has 0 fully saturated rings. The third-order valence-corrected chi connectivity index (χ3v) is 1.34. The van der Waals surface area contributed by atoms with Gasteiger partial charge in [0.1, 0.15) is 0 Å². The summed E-state index contributed by atoms with van der Waals surface area (Å²) in [4.78, 5) is 0. The first-order chi connectivity index (χ1) is 4.42. The maximum atomic E-state index is 10.4. The quantitative estimate of drug-likeness (QED) is 0.460. The monoisotopic (exact) mass is 164 g/mol. The van der Waals surface area contributed by atoms with Crippen molar-refractivity contribution < 1.29 is 12.6 Å². The van der Waals surface area contributed by atoms with Gasteiger partial charge in [-0.25, -0.2) is 0 Å². The smallest absolute Gasteiger partial charge is 0.264 e. The Labute approximate surface area is 61.8 Å². The van der Waals surface area contributed by atoms with Crippen molar-refractivity contribution in [1.29, 1.82) is 0 Å². The van der Waals surface area contributed by atoms with E-state index in [1.165, 1.54) is 0 Å². The van der Waals surface area contributed by atoms with Crippen LogP contribution in [0.5, 0.6) is 0 Å². The fourth-order valence-corrected chi connectivity index (χ4v) is 0.640. The largest absolute Gasteiger partial charge is 0.266 e. The zero-order chi connectivity index (χ0) is 8.20. The predicted molar refractivity (Wildman–Crippen MR) is 40.2 cm³/mol. The molecule has 0 aliphatic rings. The van der Waals surface area contributed by atoms with Gasteiger partial charge in [-0.15, -0.1) is 0 Å². The van der Waals surface area contributed by atoms with Crippen LogP contribution in [-0.4, -0.2) is 21.3 Å². The van der Waals surface area contributed by atoms with Crippen molar-refractivity contribution in [2.24, 2.45) is 0 Å². The molecule has 3 nitrogen and oxygen atoms in total. The van der Waals surface area contributed by atoms with Crippen LogP contribution in [-0.2, 0) is 14.3 Å². The van der Waals surface area contributed by atoms with Gasteiger partial charge in [-0.2, -0.15) is 8.42 Å². The highest BCUT2D eigenvalue weighted by atomic mass is 32.2. The number of hydrogen-bond donors (Lipinski definition) is 0. The molecule has 0 heterocycles. The van der Waals surface area contributed by atoms with Gasteiger partial charge in [0.15, 0.2) is 0 Å². The van der Waals surface area contributed by atoms with Crippen LogP contribution in [0.3, 0.4) is 0 Å². The second-order valence-corrected chi connectivity index (χ2v) is 3.91. The Morgan fingerprint density at radius 3 is 2.30 bits per heavy atom. The molecule has 60 valence electrons. The molecule has 0 aromatic carbocycles. The summed E-state index contributed by atoms with van der Waals surface area (Å²) in [6, 6.07) is 0. The van der Waals surface area contributed by atoms with Crippen molar-refractivity contribution in [1.82, 2.24) is 0 Å². The number of hydrogen-bond acceptors (Lipinski definition) is 3. The summed E-state index contributed by atoms with van der Waals surface area (Å²) in [7, 11) is -3.26. The van der Waals surface area contributed by atoms with Crippen molar-refractivity contribution >= 4 is 10.1 Å². The van der Waals surface area contributed by atoms with E-state index in [0.29, 0.717) is 0 Å². The molecule has 0 N–H and O–H groups in total. The number of allylic oxidation sites excluding steroid dienone is 1. The van der Waals surface area contributed by atoms with E-state index in [-0.39, 0.29) is 6.61 Å². The molecule has 0 unspecified atom stereocenters. The molecule has 0 aliphatic carbocycles. The van der Waals surface area contributed by atoms with Crippen LogP contribution in [0.1, 0.15) is 13.8 Å². The molecular weight excluding hydrogens is 152 g/mol.